The van der Waals surface area contributed by atoms with Gasteiger partial charge in [-0.2, -0.15) is 11.8 Å². The molecule has 0 aromatic carbocycles. The van der Waals surface area contributed by atoms with Crippen LogP contribution < -0.4 is 0 Å². The van der Waals surface area contributed by atoms with E-state index >= 15 is 0 Å². The smallest absolute Gasteiger partial charge is 0.430 e. The van der Waals surface area contributed by atoms with Crippen molar-refractivity contribution < 1.29 is 14.3 Å². The molecular weight excluding hydrogens is 248 g/mol. The number of ether oxygens (including phenoxy) is 2. The van der Waals surface area contributed by atoms with Crippen molar-refractivity contribution in [3.05, 3.63) is 0 Å². The normalized spacial score (nSPS) is 18.7. The van der Waals surface area contributed by atoms with Gasteiger partial charge < -0.3 is 9.47 Å². The van der Waals surface area contributed by atoms with Gasteiger partial charge in [0.15, 0.2) is 0 Å². The maximum atomic E-state index is 10.7. The minimum absolute atomic E-state index is 0.0171. The zero-order valence-corrected chi connectivity index (χ0v) is 12.3. The predicted molar refractivity (Wildman–Crippen MR) is 76.2 cm³/mol. The summed E-state index contributed by atoms with van der Waals surface area (Å²) >= 11 is 1.87. The summed E-state index contributed by atoms with van der Waals surface area (Å²) in [6, 6.07) is 0. The molecule has 106 valence electrons. The first kappa shape index (κ1) is 15.7. The Labute approximate surface area is 115 Å². The summed E-state index contributed by atoms with van der Waals surface area (Å²) in [6.45, 7) is 2.69. The van der Waals surface area contributed by atoms with Crippen LogP contribution in [0.2, 0.25) is 0 Å². The van der Waals surface area contributed by atoms with Gasteiger partial charge >= 0.3 is 6.16 Å². The third-order valence-corrected chi connectivity index (χ3v) is 4.28. The lowest BCUT2D eigenvalue weighted by atomic mass is 10.1. The molecule has 1 rings (SSSR count). The second kappa shape index (κ2) is 10.5. The van der Waals surface area contributed by atoms with Crippen LogP contribution in [-0.4, -0.2) is 30.4 Å². The molecule has 0 aromatic rings. The molecule has 0 spiro atoms. The molecule has 1 aliphatic rings. The largest absolute Gasteiger partial charge is 0.508 e. The number of hydrogen-bond acceptors (Lipinski definition) is 4. The molecule has 0 saturated carbocycles. The van der Waals surface area contributed by atoms with Gasteiger partial charge in [0.2, 0.25) is 0 Å². The van der Waals surface area contributed by atoms with Gasteiger partial charge in [-0.25, -0.2) is 4.79 Å². The first-order chi connectivity index (χ1) is 8.83. The second-order valence-corrected chi connectivity index (χ2v) is 6.00. The molecule has 0 N–H and O–H groups in total. The highest BCUT2D eigenvalue weighted by molar-refractivity contribution is 7.99. The van der Waals surface area contributed by atoms with Crippen LogP contribution in [-0.2, 0) is 9.47 Å². The van der Waals surface area contributed by atoms with Crippen LogP contribution in [0.25, 0.3) is 0 Å². The van der Waals surface area contributed by atoms with Gasteiger partial charge in [-0.1, -0.05) is 51.9 Å². The highest BCUT2D eigenvalue weighted by Gasteiger charge is 2.24. The van der Waals surface area contributed by atoms with E-state index in [0.717, 1.165) is 5.75 Å². The third kappa shape index (κ3) is 7.85. The lowest BCUT2D eigenvalue weighted by molar-refractivity contribution is 0.122. The van der Waals surface area contributed by atoms with Crippen molar-refractivity contribution in [2.24, 2.45) is 0 Å². The zero-order valence-electron chi connectivity index (χ0n) is 11.5. The number of carbonyl (C=O) groups is 1. The summed E-state index contributed by atoms with van der Waals surface area (Å²) in [5.74, 6) is 2.05. The van der Waals surface area contributed by atoms with E-state index < -0.39 is 6.16 Å². The highest BCUT2D eigenvalue weighted by Crippen LogP contribution is 2.15. The van der Waals surface area contributed by atoms with Crippen molar-refractivity contribution in [3.8, 4) is 0 Å². The predicted octanol–water partition coefficient (Wildman–Crippen LogP) is 4.40. The fraction of sp³-hybridized carbons (Fsp3) is 0.929. The van der Waals surface area contributed by atoms with E-state index in [1.807, 2.05) is 11.8 Å². The molecular formula is C14H26O3S. The van der Waals surface area contributed by atoms with E-state index in [1.54, 1.807) is 0 Å². The first-order valence-electron chi connectivity index (χ1n) is 7.24. The first-order valence-corrected chi connectivity index (χ1v) is 8.39. The van der Waals surface area contributed by atoms with Gasteiger partial charge in [0.25, 0.3) is 0 Å². The average molecular weight is 274 g/mol. The van der Waals surface area contributed by atoms with Crippen LogP contribution in [0.3, 0.4) is 0 Å². The Morgan fingerprint density at radius 3 is 2.39 bits per heavy atom. The Kier molecular flexibility index (Phi) is 9.17. The highest BCUT2D eigenvalue weighted by atomic mass is 32.2. The van der Waals surface area contributed by atoms with E-state index in [0.29, 0.717) is 6.61 Å². The van der Waals surface area contributed by atoms with Crippen molar-refractivity contribution in [3.63, 3.8) is 0 Å². The van der Waals surface area contributed by atoms with Crippen LogP contribution in [0, 0.1) is 0 Å². The lowest BCUT2D eigenvalue weighted by Crippen LogP contribution is -2.13. The van der Waals surface area contributed by atoms with Crippen LogP contribution in [0.1, 0.15) is 58.3 Å². The van der Waals surface area contributed by atoms with Crippen LogP contribution >= 0.6 is 11.8 Å². The number of unbranched alkanes of at least 4 members (excludes halogenated alkanes) is 7. The lowest BCUT2D eigenvalue weighted by Gasteiger charge is -2.05. The molecule has 0 amide bonds. The van der Waals surface area contributed by atoms with Gasteiger partial charge in [0, 0.05) is 5.75 Å². The molecule has 1 fully saturated rings. The SMILES string of the molecule is CCCCCCCCCCSCC1COC(=O)O1. The summed E-state index contributed by atoms with van der Waals surface area (Å²) in [4.78, 5) is 10.7. The molecule has 0 aromatic heterocycles. The fourth-order valence-corrected chi connectivity index (χ4v) is 3.00. The second-order valence-electron chi connectivity index (χ2n) is 4.85. The van der Waals surface area contributed by atoms with Gasteiger partial charge in [0.05, 0.1) is 0 Å². The molecule has 1 atom stereocenters. The summed E-state index contributed by atoms with van der Waals surface area (Å²) in [7, 11) is 0. The van der Waals surface area contributed by atoms with Gasteiger partial charge in [-0.15, -0.1) is 0 Å². The number of carbonyl (C=O) groups excluding carboxylic acids is 1. The zero-order chi connectivity index (χ0) is 13.1. The molecule has 1 aliphatic heterocycles. The van der Waals surface area contributed by atoms with Crippen LogP contribution in [0.5, 0.6) is 0 Å². The molecule has 0 aliphatic carbocycles. The van der Waals surface area contributed by atoms with Gasteiger partial charge in [-0.05, 0) is 12.2 Å². The van der Waals surface area contributed by atoms with Crippen molar-refractivity contribution in [1.82, 2.24) is 0 Å². The third-order valence-electron chi connectivity index (χ3n) is 3.10. The van der Waals surface area contributed by atoms with E-state index in [9.17, 15) is 4.79 Å². The molecule has 1 unspecified atom stereocenters. The van der Waals surface area contributed by atoms with E-state index in [4.69, 9.17) is 9.47 Å². The molecule has 0 radical (unpaired) electrons. The van der Waals surface area contributed by atoms with E-state index in [2.05, 4.69) is 6.92 Å². The summed E-state index contributed by atoms with van der Waals surface area (Å²) in [6.07, 6.45) is 10.4. The molecule has 0 bridgehead atoms. The minimum Gasteiger partial charge on any atom is -0.430 e. The maximum absolute atomic E-state index is 10.7. The Morgan fingerprint density at radius 1 is 1.11 bits per heavy atom. The molecule has 1 saturated heterocycles. The fourth-order valence-electron chi connectivity index (χ4n) is 2.00. The summed E-state index contributed by atoms with van der Waals surface area (Å²) in [5, 5.41) is 0. The Morgan fingerprint density at radius 2 is 1.78 bits per heavy atom. The number of hydrogen-bond donors (Lipinski definition) is 0. The molecule has 18 heavy (non-hydrogen) atoms. The van der Waals surface area contributed by atoms with Crippen molar-refractivity contribution in [2.75, 3.05) is 18.1 Å². The Hall–Kier alpha value is -0.380. The summed E-state index contributed by atoms with van der Waals surface area (Å²) in [5.41, 5.74) is 0. The van der Waals surface area contributed by atoms with Crippen molar-refractivity contribution in [1.29, 1.82) is 0 Å². The van der Waals surface area contributed by atoms with Gasteiger partial charge in [-0.3, -0.25) is 0 Å². The topological polar surface area (TPSA) is 35.5 Å². The Balaban J connectivity index is 1.75. The van der Waals surface area contributed by atoms with Crippen LogP contribution in [0.4, 0.5) is 4.79 Å². The number of cyclic esters (lactones) is 2. The Bertz CT molecular complexity index is 221. The van der Waals surface area contributed by atoms with E-state index in [-0.39, 0.29) is 6.10 Å². The quantitative estimate of drug-likeness (QED) is 0.413. The van der Waals surface area contributed by atoms with Crippen LogP contribution in [0.15, 0.2) is 0 Å². The number of rotatable bonds is 11. The molecule has 1 heterocycles. The standard InChI is InChI=1S/C14H26O3S/c1-2-3-4-5-6-7-8-9-10-18-12-13-11-16-14(15)17-13/h13H,2-12H2,1H3. The van der Waals surface area contributed by atoms with Gasteiger partial charge in [0.1, 0.15) is 12.7 Å². The summed E-state index contributed by atoms with van der Waals surface area (Å²) < 4.78 is 9.70. The van der Waals surface area contributed by atoms with Crippen molar-refractivity contribution in [2.45, 2.75) is 64.4 Å². The number of thioether (sulfide) groups is 1. The minimum atomic E-state index is -0.507. The monoisotopic (exact) mass is 274 g/mol. The van der Waals surface area contributed by atoms with Crippen molar-refractivity contribution >= 4 is 17.9 Å². The maximum Gasteiger partial charge on any atom is 0.508 e. The average Bonchev–Trinajstić information content (AvgIpc) is 2.77. The molecule has 3 nitrogen and oxygen atoms in total. The molecule has 4 heteroatoms. The van der Waals surface area contributed by atoms with E-state index in [1.165, 1.54) is 57.1 Å².